The smallest absolute Gasteiger partial charge is 0.350 e. The number of para-hydroxylation sites is 1. The number of benzene rings is 2. The first-order valence-corrected chi connectivity index (χ1v) is 11.0. The molecule has 0 saturated carbocycles. The predicted octanol–water partition coefficient (Wildman–Crippen LogP) is 3.04. The van der Waals surface area contributed by atoms with Crippen LogP contribution < -0.4 is 25.4 Å². The van der Waals surface area contributed by atoms with Crippen molar-refractivity contribution in [3.05, 3.63) is 52.9 Å². The van der Waals surface area contributed by atoms with Crippen LogP contribution in [0.2, 0.25) is 0 Å². The summed E-state index contributed by atoms with van der Waals surface area (Å²) in [5.41, 5.74) is 0.871. The van der Waals surface area contributed by atoms with Gasteiger partial charge in [-0.3, -0.25) is 9.36 Å². The van der Waals surface area contributed by atoms with Gasteiger partial charge in [0.15, 0.2) is 11.5 Å². The number of carbonyl (C=O) groups is 1. The van der Waals surface area contributed by atoms with Gasteiger partial charge in [0.2, 0.25) is 5.91 Å². The number of rotatable bonds is 4. The molecule has 0 spiro atoms. The maximum atomic E-state index is 13.0. The van der Waals surface area contributed by atoms with Crippen molar-refractivity contribution in [3.63, 3.8) is 0 Å². The van der Waals surface area contributed by atoms with Gasteiger partial charge in [0.25, 0.3) is 0 Å². The Balaban J connectivity index is 1.42. The standard InChI is InChI=1S/C24H26N4O4/c1-16-5-4-10-27(14-16)23-18-6-2-3-7-19(18)28(24(30)26-23)15-22(29)25-17-8-9-20-21(13-17)32-12-11-31-20/h2-3,6-9,13,16H,4-5,10-12,14-15H2,1H3,(H,25,29)/t16-/m0/s1. The van der Waals surface area contributed by atoms with E-state index in [0.29, 0.717) is 47.7 Å². The van der Waals surface area contributed by atoms with Gasteiger partial charge in [-0.2, -0.15) is 4.98 Å². The summed E-state index contributed by atoms with van der Waals surface area (Å²) in [6.07, 6.45) is 2.27. The van der Waals surface area contributed by atoms with Crippen LogP contribution in [0.25, 0.3) is 10.9 Å². The highest BCUT2D eigenvalue weighted by Crippen LogP contribution is 2.32. The number of hydrogen-bond acceptors (Lipinski definition) is 6. The van der Waals surface area contributed by atoms with Gasteiger partial charge in [0.05, 0.1) is 5.52 Å². The minimum Gasteiger partial charge on any atom is -0.486 e. The molecule has 2 aromatic carbocycles. The normalized spacial score (nSPS) is 17.9. The summed E-state index contributed by atoms with van der Waals surface area (Å²) in [5, 5.41) is 3.73. The molecule has 1 aromatic heterocycles. The molecule has 0 radical (unpaired) electrons. The Hall–Kier alpha value is -3.55. The summed E-state index contributed by atoms with van der Waals surface area (Å²) in [6, 6.07) is 12.9. The lowest BCUT2D eigenvalue weighted by atomic mass is 10.00. The molecule has 8 heteroatoms. The maximum absolute atomic E-state index is 13.0. The largest absolute Gasteiger partial charge is 0.486 e. The van der Waals surface area contributed by atoms with Gasteiger partial charge in [0.1, 0.15) is 25.6 Å². The minimum absolute atomic E-state index is 0.128. The van der Waals surface area contributed by atoms with Gasteiger partial charge in [-0.25, -0.2) is 4.79 Å². The van der Waals surface area contributed by atoms with Crippen LogP contribution in [-0.4, -0.2) is 41.8 Å². The zero-order chi connectivity index (χ0) is 22.1. The van der Waals surface area contributed by atoms with Crippen LogP contribution in [0.5, 0.6) is 11.5 Å². The Kier molecular flexibility index (Phi) is 5.43. The van der Waals surface area contributed by atoms with E-state index in [0.717, 1.165) is 24.9 Å². The molecule has 0 bridgehead atoms. The zero-order valence-corrected chi connectivity index (χ0v) is 18.0. The van der Waals surface area contributed by atoms with Crippen molar-refractivity contribution in [2.45, 2.75) is 26.3 Å². The van der Waals surface area contributed by atoms with E-state index in [1.54, 1.807) is 18.2 Å². The number of fused-ring (bicyclic) bond motifs is 2. The van der Waals surface area contributed by atoms with Crippen molar-refractivity contribution in [1.82, 2.24) is 9.55 Å². The molecule has 5 rings (SSSR count). The van der Waals surface area contributed by atoms with E-state index in [9.17, 15) is 9.59 Å². The average Bonchev–Trinajstić information content (AvgIpc) is 2.80. The monoisotopic (exact) mass is 434 g/mol. The molecule has 1 N–H and O–H groups in total. The third-order valence-electron chi connectivity index (χ3n) is 5.95. The molecule has 166 valence electrons. The Morgan fingerprint density at radius 1 is 1.16 bits per heavy atom. The number of nitrogens with one attached hydrogen (secondary N) is 1. The molecule has 3 aromatic rings. The first-order valence-electron chi connectivity index (χ1n) is 11.0. The molecular weight excluding hydrogens is 408 g/mol. The summed E-state index contributed by atoms with van der Waals surface area (Å²) in [7, 11) is 0. The summed E-state index contributed by atoms with van der Waals surface area (Å²) in [5.74, 6) is 2.21. The number of nitrogens with zero attached hydrogens (tertiary/aromatic N) is 3. The van der Waals surface area contributed by atoms with Crippen LogP contribution >= 0.6 is 0 Å². The SMILES string of the molecule is C[C@H]1CCCN(c2nc(=O)n(CC(=O)Nc3ccc4c(c3)OCCO4)c3ccccc23)C1. The van der Waals surface area contributed by atoms with Crippen LogP contribution in [0, 0.1) is 5.92 Å². The highest BCUT2D eigenvalue weighted by molar-refractivity contribution is 5.94. The molecular formula is C24H26N4O4. The molecule has 1 amide bonds. The van der Waals surface area contributed by atoms with Gasteiger partial charge in [-0.15, -0.1) is 0 Å². The lowest BCUT2D eigenvalue weighted by Crippen LogP contribution is -2.38. The third kappa shape index (κ3) is 4.00. The van der Waals surface area contributed by atoms with Crippen molar-refractivity contribution in [2.24, 2.45) is 5.92 Å². The number of carbonyl (C=O) groups excluding carboxylic acids is 1. The molecule has 0 unspecified atom stereocenters. The fourth-order valence-corrected chi connectivity index (χ4v) is 4.45. The highest BCUT2D eigenvalue weighted by atomic mass is 16.6. The van der Waals surface area contributed by atoms with E-state index in [2.05, 4.69) is 22.1 Å². The number of amides is 1. The average molecular weight is 434 g/mol. The number of anilines is 2. The van der Waals surface area contributed by atoms with Crippen molar-refractivity contribution in [3.8, 4) is 11.5 Å². The van der Waals surface area contributed by atoms with E-state index in [4.69, 9.17) is 9.47 Å². The Bertz CT molecular complexity index is 1220. The maximum Gasteiger partial charge on any atom is 0.350 e. The fraction of sp³-hybridized carbons (Fsp3) is 0.375. The topological polar surface area (TPSA) is 85.7 Å². The number of ether oxygens (including phenoxy) is 2. The van der Waals surface area contributed by atoms with Gasteiger partial charge < -0.3 is 19.7 Å². The second-order valence-corrected chi connectivity index (χ2v) is 8.42. The van der Waals surface area contributed by atoms with Gasteiger partial charge >= 0.3 is 5.69 Å². The lowest BCUT2D eigenvalue weighted by molar-refractivity contribution is -0.116. The fourth-order valence-electron chi connectivity index (χ4n) is 4.45. The molecule has 1 fully saturated rings. The minimum atomic E-state index is -0.422. The van der Waals surface area contributed by atoms with Crippen molar-refractivity contribution < 1.29 is 14.3 Å². The summed E-state index contributed by atoms with van der Waals surface area (Å²) >= 11 is 0. The predicted molar refractivity (Wildman–Crippen MR) is 123 cm³/mol. The van der Waals surface area contributed by atoms with E-state index in [1.807, 2.05) is 24.3 Å². The number of aromatic nitrogens is 2. The van der Waals surface area contributed by atoms with Crippen molar-refractivity contribution in [2.75, 3.05) is 36.5 Å². The molecule has 1 saturated heterocycles. The zero-order valence-electron chi connectivity index (χ0n) is 18.0. The van der Waals surface area contributed by atoms with E-state index in [1.165, 1.54) is 11.0 Å². The Morgan fingerprint density at radius 3 is 2.81 bits per heavy atom. The first-order chi connectivity index (χ1) is 15.6. The van der Waals surface area contributed by atoms with Gasteiger partial charge in [-0.05, 0) is 43.0 Å². The van der Waals surface area contributed by atoms with Crippen LogP contribution in [0.15, 0.2) is 47.3 Å². The quantitative estimate of drug-likeness (QED) is 0.679. The van der Waals surface area contributed by atoms with Crippen LogP contribution in [0.3, 0.4) is 0 Å². The molecule has 32 heavy (non-hydrogen) atoms. The molecule has 0 aliphatic carbocycles. The Labute approximate surface area is 185 Å². The molecule has 8 nitrogen and oxygen atoms in total. The van der Waals surface area contributed by atoms with Crippen LogP contribution in [0.1, 0.15) is 19.8 Å². The van der Waals surface area contributed by atoms with Crippen molar-refractivity contribution in [1.29, 1.82) is 0 Å². The second-order valence-electron chi connectivity index (χ2n) is 8.42. The number of hydrogen-bond donors (Lipinski definition) is 1. The van der Waals surface area contributed by atoms with Gasteiger partial charge in [-0.1, -0.05) is 19.1 Å². The van der Waals surface area contributed by atoms with Crippen molar-refractivity contribution >= 4 is 28.3 Å². The second kappa shape index (κ2) is 8.53. The molecule has 2 aliphatic heterocycles. The number of piperidine rings is 1. The van der Waals surface area contributed by atoms with Gasteiger partial charge in [0, 0.05) is 30.2 Å². The summed E-state index contributed by atoms with van der Waals surface area (Å²) in [6.45, 7) is 4.84. The molecule has 3 heterocycles. The molecule has 2 aliphatic rings. The third-order valence-corrected chi connectivity index (χ3v) is 5.95. The van der Waals surface area contributed by atoms with Crippen LogP contribution in [0.4, 0.5) is 11.5 Å². The Morgan fingerprint density at radius 2 is 1.97 bits per heavy atom. The van der Waals surface area contributed by atoms with E-state index >= 15 is 0 Å². The van der Waals surface area contributed by atoms with Crippen LogP contribution in [-0.2, 0) is 11.3 Å². The summed E-state index contributed by atoms with van der Waals surface area (Å²) < 4.78 is 12.5. The lowest BCUT2D eigenvalue weighted by Gasteiger charge is -2.32. The summed E-state index contributed by atoms with van der Waals surface area (Å²) in [4.78, 5) is 32.3. The molecule has 1 atom stereocenters. The van der Waals surface area contributed by atoms with E-state index < -0.39 is 5.69 Å². The van der Waals surface area contributed by atoms with E-state index in [-0.39, 0.29) is 12.5 Å². The first kappa shape index (κ1) is 20.4. The highest BCUT2D eigenvalue weighted by Gasteiger charge is 2.22.